The number of hydrogen-bond donors (Lipinski definition) is 0. The third-order valence-corrected chi connectivity index (χ3v) is 10.4. The summed E-state index contributed by atoms with van der Waals surface area (Å²) in [6.45, 7) is 0. The first kappa shape index (κ1) is 28.7. The van der Waals surface area contributed by atoms with Crippen LogP contribution >= 0.6 is 0 Å². The van der Waals surface area contributed by atoms with Crippen molar-refractivity contribution in [1.82, 2.24) is 24.1 Å². The average molecular weight is 664 g/mol. The smallest absolute Gasteiger partial charge is 0.235 e. The van der Waals surface area contributed by atoms with Gasteiger partial charge in [-0.1, -0.05) is 109 Å². The summed E-state index contributed by atoms with van der Waals surface area (Å²) >= 11 is 0. The van der Waals surface area contributed by atoms with Crippen molar-refractivity contribution in [1.29, 1.82) is 0 Å². The average Bonchev–Trinajstić information content (AvgIpc) is 3.73. The fraction of sp³-hybridized carbons (Fsp3) is 0. The molecule has 11 rings (SSSR count). The van der Waals surface area contributed by atoms with Gasteiger partial charge in [-0.25, -0.2) is 9.97 Å². The van der Waals surface area contributed by atoms with E-state index in [0.717, 1.165) is 66.4 Å². The van der Waals surface area contributed by atoms with Gasteiger partial charge in [0.05, 0.1) is 45.2 Å². The highest BCUT2D eigenvalue weighted by atomic mass is 15.2. The Morgan fingerprint density at radius 1 is 0.385 bits per heavy atom. The summed E-state index contributed by atoms with van der Waals surface area (Å²) in [4.78, 5) is 15.0. The number of pyridine rings is 1. The largest absolute Gasteiger partial charge is 0.308 e. The molecule has 5 nitrogen and oxygen atoms in total. The molecule has 0 aliphatic carbocycles. The van der Waals surface area contributed by atoms with Gasteiger partial charge in [-0.3, -0.25) is 9.55 Å². The summed E-state index contributed by atoms with van der Waals surface area (Å²) < 4.78 is 4.53. The van der Waals surface area contributed by atoms with Crippen molar-refractivity contribution in [2.75, 3.05) is 0 Å². The van der Waals surface area contributed by atoms with Crippen LogP contribution in [0.1, 0.15) is 0 Å². The van der Waals surface area contributed by atoms with Gasteiger partial charge < -0.3 is 4.57 Å². The van der Waals surface area contributed by atoms with E-state index in [1.165, 1.54) is 26.9 Å². The van der Waals surface area contributed by atoms with Gasteiger partial charge in [0.1, 0.15) is 0 Å². The second kappa shape index (κ2) is 11.2. The molecule has 0 aliphatic rings. The first-order chi connectivity index (χ1) is 25.8. The molecule has 0 atom stereocenters. The quantitative estimate of drug-likeness (QED) is 0.188. The molecule has 0 amide bonds. The maximum absolute atomic E-state index is 5.37. The highest BCUT2D eigenvalue weighted by Gasteiger charge is 2.19. The van der Waals surface area contributed by atoms with E-state index in [4.69, 9.17) is 9.97 Å². The highest BCUT2D eigenvalue weighted by Crippen LogP contribution is 2.38. The number of benzene rings is 7. The molecule has 5 heteroatoms. The van der Waals surface area contributed by atoms with Crippen molar-refractivity contribution in [2.24, 2.45) is 0 Å². The van der Waals surface area contributed by atoms with E-state index in [9.17, 15) is 0 Å². The van der Waals surface area contributed by atoms with Gasteiger partial charge in [-0.2, -0.15) is 0 Å². The van der Waals surface area contributed by atoms with Gasteiger partial charge in [-0.05, 0) is 76.5 Å². The van der Waals surface area contributed by atoms with E-state index in [-0.39, 0.29) is 0 Å². The third kappa shape index (κ3) is 4.33. The molecule has 4 aromatic heterocycles. The molecule has 0 radical (unpaired) electrons. The molecular weight excluding hydrogens is 635 g/mol. The fourth-order valence-corrected chi connectivity index (χ4v) is 8.00. The molecule has 0 bridgehead atoms. The first-order valence-electron chi connectivity index (χ1n) is 17.5. The number of rotatable bonds is 4. The van der Waals surface area contributed by atoms with Crippen molar-refractivity contribution in [3.8, 4) is 34.0 Å². The van der Waals surface area contributed by atoms with Crippen molar-refractivity contribution in [2.45, 2.75) is 0 Å². The van der Waals surface area contributed by atoms with Crippen LogP contribution < -0.4 is 0 Å². The van der Waals surface area contributed by atoms with Crippen LogP contribution in [0.5, 0.6) is 0 Å². The SMILES string of the molecule is c1cncc(-n2c3ccccc3c3cc(-c4ccc5c6ccccc6n(-c6nc(-c7ccc8ccccc8c7)c7ccccc7n6)c5c4)ccc32)c1. The number of hydrogen-bond acceptors (Lipinski definition) is 3. The maximum atomic E-state index is 5.37. The molecular formula is C47H29N5. The molecule has 0 spiro atoms. The Kier molecular flexibility index (Phi) is 6.18. The Labute approximate surface area is 298 Å². The lowest BCUT2D eigenvalue weighted by atomic mass is 10.0. The molecule has 11 aromatic rings. The van der Waals surface area contributed by atoms with Crippen molar-refractivity contribution in [3.63, 3.8) is 0 Å². The van der Waals surface area contributed by atoms with Crippen LogP contribution in [0.25, 0.3) is 99.3 Å². The Balaban J connectivity index is 1.14. The zero-order valence-corrected chi connectivity index (χ0v) is 28.0. The van der Waals surface area contributed by atoms with E-state index < -0.39 is 0 Å². The van der Waals surface area contributed by atoms with Crippen LogP contribution in [0.15, 0.2) is 176 Å². The summed E-state index contributed by atoms with van der Waals surface area (Å²) in [5.41, 5.74) is 10.7. The lowest BCUT2D eigenvalue weighted by molar-refractivity contribution is 1.01. The third-order valence-electron chi connectivity index (χ3n) is 10.4. The van der Waals surface area contributed by atoms with E-state index in [1.54, 1.807) is 0 Å². The number of nitrogens with zero attached hydrogens (tertiary/aromatic N) is 5. The van der Waals surface area contributed by atoms with Crippen molar-refractivity contribution < 1.29 is 0 Å². The summed E-state index contributed by atoms with van der Waals surface area (Å²) in [6.07, 6.45) is 3.74. The van der Waals surface area contributed by atoms with Crippen LogP contribution in [0.3, 0.4) is 0 Å². The summed E-state index contributed by atoms with van der Waals surface area (Å²) in [7, 11) is 0. The van der Waals surface area contributed by atoms with Crippen molar-refractivity contribution in [3.05, 3.63) is 176 Å². The minimum absolute atomic E-state index is 0.653. The zero-order chi connectivity index (χ0) is 34.2. The van der Waals surface area contributed by atoms with Gasteiger partial charge >= 0.3 is 0 Å². The molecule has 242 valence electrons. The molecule has 4 heterocycles. The van der Waals surface area contributed by atoms with E-state index in [0.29, 0.717) is 5.95 Å². The Morgan fingerprint density at radius 3 is 1.88 bits per heavy atom. The predicted octanol–water partition coefficient (Wildman–Crippen LogP) is 11.7. The molecule has 0 unspecified atom stereocenters. The highest BCUT2D eigenvalue weighted by molar-refractivity contribution is 6.12. The van der Waals surface area contributed by atoms with E-state index >= 15 is 0 Å². The van der Waals surface area contributed by atoms with E-state index in [1.807, 2.05) is 18.5 Å². The second-order valence-electron chi connectivity index (χ2n) is 13.3. The lowest BCUT2D eigenvalue weighted by Crippen LogP contribution is -2.03. The molecule has 0 saturated heterocycles. The number of aromatic nitrogens is 5. The zero-order valence-electron chi connectivity index (χ0n) is 28.0. The fourth-order valence-electron chi connectivity index (χ4n) is 8.00. The predicted molar refractivity (Wildman–Crippen MR) is 214 cm³/mol. The van der Waals surface area contributed by atoms with Crippen LogP contribution in [-0.2, 0) is 0 Å². The minimum atomic E-state index is 0.653. The van der Waals surface area contributed by atoms with Gasteiger partial charge in [0.15, 0.2) is 0 Å². The molecule has 52 heavy (non-hydrogen) atoms. The van der Waals surface area contributed by atoms with Gasteiger partial charge in [0.2, 0.25) is 5.95 Å². The molecule has 7 aromatic carbocycles. The number of para-hydroxylation sites is 3. The molecule has 0 aliphatic heterocycles. The van der Waals surface area contributed by atoms with Gasteiger partial charge in [-0.15, -0.1) is 0 Å². The molecule has 0 N–H and O–H groups in total. The van der Waals surface area contributed by atoms with Crippen LogP contribution in [0, 0.1) is 0 Å². The Bertz CT molecular complexity index is 3190. The first-order valence-corrected chi connectivity index (χ1v) is 17.5. The van der Waals surface area contributed by atoms with Crippen LogP contribution in [0.2, 0.25) is 0 Å². The van der Waals surface area contributed by atoms with Crippen LogP contribution in [-0.4, -0.2) is 24.1 Å². The molecule has 0 fully saturated rings. The summed E-state index contributed by atoms with van der Waals surface area (Å²) in [6, 6.07) is 58.2. The normalized spacial score (nSPS) is 11.8. The number of fused-ring (bicyclic) bond motifs is 8. The van der Waals surface area contributed by atoms with Gasteiger partial charge in [0, 0.05) is 38.7 Å². The van der Waals surface area contributed by atoms with Crippen molar-refractivity contribution >= 4 is 65.3 Å². The summed E-state index contributed by atoms with van der Waals surface area (Å²) in [5.74, 6) is 0.653. The monoisotopic (exact) mass is 663 g/mol. The Hall–Kier alpha value is -7.11. The summed E-state index contributed by atoms with van der Waals surface area (Å²) in [5, 5.41) is 8.17. The van der Waals surface area contributed by atoms with E-state index in [2.05, 4.69) is 172 Å². The maximum Gasteiger partial charge on any atom is 0.235 e. The minimum Gasteiger partial charge on any atom is -0.308 e. The Morgan fingerprint density at radius 2 is 1.04 bits per heavy atom. The standard InChI is InChI=1S/C47H29N5/c1-2-11-31-26-34(20-19-30(31)10-1)46-39-15-3-6-16-41(39)49-47(50-46)52-43-18-8-4-13-36(43)38-23-21-33(28-45(38)52)32-22-24-44-40(27-32)37-14-5-7-17-42(37)51(44)35-12-9-25-48-29-35/h1-29H. The topological polar surface area (TPSA) is 48.5 Å². The van der Waals surface area contributed by atoms with Crippen LogP contribution in [0.4, 0.5) is 0 Å². The lowest BCUT2D eigenvalue weighted by Gasteiger charge is -2.13. The molecule has 0 saturated carbocycles. The van der Waals surface area contributed by atoms with Gasteiger partial charge in [0.25, 0.3) is 0 Å². The second-order valence-corrected chi connectivity index (χ2v) is 13.3.